The smallest absolute Gasteiger partial charge is 0.274 e. The second kappa shape index (κ2) is 4.70. The van der Waals surface area contributed by atoms with Gasteiger partial charge in [0.05, 0.1) is 5.69 Å². The topological polar surface area (TPSA) is 55.4 Å². The lowest BCUT2D eigenvalue weighted by Gasteiger charge is -2.14. The van der Waals surface area contributed by atoms with E-state index >= 15 is 0 Å². The predicted molar refractivity (Wildman–Crippen MR) is 79.5 cm³/mol. The number of hydrogen-bond acceptors (Lipinski definition) is 4. The summed E-state index contributed by atoms with van der Waals surface area (Å²) in [6, 6.07) is 1.77. The lowest BCUT2D eigenvalue weighted by atomic mass is 10.1. The molecule has 0 spiro atoms. The van der Waals surface area contributed by atoms with Gasteiger partial charge in [-0.2, -0.15) is 5.10 Å². The summed E-state index contributed by atoms with van der Waals surface area (Å²) in [6.45, 7) is 1.49. The largest absolute Gasteiger partial charge is 0.337 e. The van der Waals surface area contributed by atoms with Crippen LogP contribution in [0.25, 0.3) is 4.83 Å². The predicted octanol–water partition coefficient (Wildman–Crippen LogP) is 1.76. The van der Waals surface area contributed by atoms with Crippen molar-refractivity contribution >= 4 is 22.1 Å². The van der Waals surface area contributed by atoms with Crippen LogP contribution in [0.1, 0.15) is 28.5 Å². The quantitative estimate of drug-likeness (QED) is 0.725. The standard InChI is InChI=1S/C14H15N5OS/c1-17-4-3-11(16-17)13(20)18-5-2-10(8-18)12-14-19(9-15-12)6-7-21-14/h3-4,6-7,9-10H,2,5,8H2,1H3/t10-/m0/s1. The molecule has 108 valence electrons. The van der Waals surface area contributed by atoms with Crippen LogP contribution in [0.2, 0.25) is 0 Å². The molecule has 0 unspecified atom stereocenters. The molecule has 4 rings (SSSR count). The normalized spacial score (nSPS) is 18.7. The lowest BCUT2D eigenvalue weighted by molar-refractivity contribution is 0.0784. The Labute approximate surface area is 125 Å². The minimum absolute atomic E-state index is 0.0136. The van der Waals surface area contributed by atoms with E-state index in [0.29, 0.717) is 11.6 Å². The Morgan fingerprint density at radius 2 is 2.33 bits per heavy atom. The van der Waals surface area contributed by atoms with E-state index in [1.807, 2.05) is 28.9 Å². The highest BCUT2D eigenvalue weighted by Gasteiger charge is 2.31. The van der Waals surface area contributed by atoms with Crippen LogP contribution in [0.4, 0.5) is 0 Å². The van der Waals surface area contributed by atoms with E-state index < -0.39 is 0 Å². The number of carbonyl (C=O) groups is 1. The first-order valence-electron chi connectivity index (χ1n) is 6.91. The van der Waals surface area contributed by atoms with Gasteiger partial charge in [-0.25, -0.2) is 4.98 Å². The number of carbonyl (C=O) groups excluding carboxylic acids is 1. The van der Waals surface area contributed by atoms with Crippen molar-refractivity contribution in [1.29, 1.82) is 0 Å². The number of aryl methyl sites for hydroxylation is 1. The average molecular weight is 301 g/mol. The minimum Gasteiger partial charge on any atom is -0.337 e. The summed E-state index contributed by atoms with van der Waals surface area (Å²) in [7, 11) is 1.82. The maximum absolute atomic E-state index is 12.4. The van der Waals surface area contributed by atoms with Crippen molar-refractivity contribution in [3.05, 3.63) is 41.6 Å². The van der Waals surface area contributed by atoms with Crippen molar-refractivity contribution < 1.29 is 4.79 Å². The van der Waals surface area contributed by atoms with Crippen molar-refractivity contribution in [2.45, 2.75) is 12.3 Å². The summed E-state index contributed by atoms with van der Waals surface area (Å²) in [5.41, 5.74) is 1.63. The first-order valence-corrected chi connectivity index (χ1v) is 7.79. The first kappa shape index (κ1) is 12.6. The zero-order chi connectivity index (χ0) is 14.4. The van der Waals surface area contributed by atoms with Crippen molar-refractivity contribution in [2.75, 3.05) is 13.1 Å². The minimum atomic E-state index is 0.0136. The zero-order valence-corrected chi connectivity index (χ0v) is 12.5. The van der Waals surface area contributed by atoms with E-state index in [-0.39, 0.29) is 5.91 Å². The van der Waals surface area contributed by atoms with Gasteiger partial charge in [-0.15, -0.1) is 11.3 Å². The Morgan fingerprint density at radius 1 is 1.43 bits per heavy atom. The Balaban J connectivity index is 1.55. The fraction of sp³-hybridized carbons (Fsp3) is 0.357. The van der Waals surface area contributed by atoms with Gasteiger partial charge in [0.2, 0.25) is 0 Å². The van der Waals surface area contributed by atoms with Crippen LogP contribution in [0, 0.1) is 0 Å². The molecule has 0 N–H and O–H groups in total. The fourth-order valence-electron chi connectivity index (χ4n) is 2.89. The molecule has 0 bridgehead atoms. The summed E-state index contributed by atoms with van der Waals surface area (Å²) in [5.74, 6) is 0.334. The van der Waals surface area contributed by atoms with E-state index in [4.69, 9.17) is 0 Å². The molecule has 1 saturated heterocycles. The second-order valence-electron chi connectivity index (χ2n) is 5.36. The van der Waals surface area contributed by atoms with Crippen molar-refractivity contribution in [1.82, 2.24) is 24.1 Å². The van der Waals surface area contributed by atoms with Crippen molar-refractivity contribution in [2.24, 2.45) is 7.05 Å². The molecule has 6 nitrogen and oxygen atoms in total. The Morgan fingerprint density at radius 3 is 3.14 bits per heavy atom. The van der Waals surface area contributed by atoms with Gasteiger partial charge in [-0.1, -0.05) is 0 Å². The molecule has 1 fully saturated rings. The number of aromatic nitrogens is 4. The van der Waals surface area contributed by atoms with E-state index in [1.54, 1.807) is 28.3 Å². The van der Waals surface area contributed by atoms with Crippen LogP contribution >= 0.6 is 11.3 Å². The maximum atomic E-state index is 12.4. The lowest BCUT2D eigenvalue weighted by Crippen LogP contribution is -2.29. The molecule has 4 heterocycles. The van der Waals surface area contributed by atoms with Crippen LogP contribution in [0.15, 0.2) is 30.2 Å². The molecular formula is C14H15N5OS. The number of thiazole rings is 1. The molecule has 0 saturated carbocycles. The molecule has 0 aromatic carbocycles. The van der Waals surface area contributed by atoms with Gasteiger partial charge in [-0.3, -0.25) is 13.9 Å². The molecule has 3 aromatic rings. The van der Waals surface area contributed by atoms with Crippen LogP contribution in [0.5, 0.6) is 0 Å². The number of likely N-dealkylation sites (tertiary alicyclic amines) is 1. The highest BCUT2D eigenvalue weighted by Crippen LogP contribution is 2.31. The number of hydrogen-bond donors (Lipinski definition) is 0. The van der Waals surface area contributed by atoms with Gasteiger partial charge in [0.25, 0.3) is 5.91 Å². The number of imidazole rings is 1. The van der Waals surface area contributed by atoms with Gasteiger partial charge in [0.1, 0.15) is 16.9 Å². The van der Waals surface area contributed by atoms with Gasteiger partial charge >= 0.3 is 0 Å². The molecule has 1 aliphatic rings. The van der Waals surface area contributed by atoms with Crippen LogP contribution in [0.3, 0.4) is 0 Å². The third kappa shape index (κ3) is 2.04. The molecule has 3 aromatic heterocycles. The maximum Gasteiger partial charge on any atom is 0.274 e. The van der Waals surface area contributed by atoms with Gasteiger partial charge < -0.3 is 4.90 Å². The second-order valence-corrected chi connectivity index (χ2v) is 6.25. The Bertz CT molecular complexity index is 801. The van der Waals surface area contributed by atoms with Gasteiger partial charge in [0, 0.05) is 43.8 Å². The van der Waals surface area contributed by atoms with Crippen molar-refractivity contribution in [3.63, 3.8) is 0 Å². The van der Waals surface area contributed by atoms with Crippen LogP contribution < -0.4 is 0 Å². The molecule has 1 atom stereocenters. The molecule has 7 heteroatoms. The monoisotopic (exact) mass is 301 g/mol. The number of rotatable bonds is 2. The molecule has 0 aliphatic carbocycles. The molecule has 21 heavy (non-hydrogen) atoms. The van der Waals surface area contributed by atoms with E-state index in [1.165, 1.54) is 4.83 Å². The van der Waals surface area contributed by atoms with Crippen molar-refractivity contribution in [3.8, 4) is 0 Å². The highest BCUT2D eigenvalue weighted by atomic mass is 32.1. The average Bonchev–Trinajstić information content (AvgIpc) is 3.21. The van der Waals surface area contributed by atoms with Crippen LogP contribution in [-0.4, -0.2) is 43.1 Å². The number of nitrogens with zero attached hydrogens (tertiary/aromatic N) is 5. The molecule has 0 radical (unpaired) electrons. The van der Waals surface area contributed by atoms with E-state index in [0.717, 1.165) is 25.2 Å². The molecular weight excluding hydrogens is 286 g/mol. The van der Waals surface area contributed by atoms with Crippen LogP contribution in [-0.2, 0) is 7.05 Å². The summed E-state index contributed by atoms with van der Waals surface area (Å²) >= 11 is 1.70. The summed E-state index contributed by atoms with van der Waals surface area (Å²) < 4.78 is 3.70. The van der Waals surface area contributed by atoms with Gasteiger partial charge in [0.15, 0.2) is 0 Å². The first-order chi connectivity index (χ1) is 10.2. The SMILES string of the molecule is Cn1ccc(C(=O)N2CC[C@H](c3ncn4ccsc34)C2)n1. The third-order valence-electron chi connectivity index (χ3n) is 3.97. The van der Waals surface area contributed by atoms with E-state index in [2.05, 4.69) is 15.5 Å². The Kier molecular flexibility index (Phi) is 2.81. The summed E-state index contributed by atoms with van der Waals surface area (Å²) in [6.07, 6.45) is 6.63. The number of amides is 1. The number of fused-ring (bicyclic) bond motifs is 1. The zero-order valence-electron chi connectivity index (χ0n) is 11.6. The van der Waals surface area contributed by atoms with Gasteiger partial charge in [-0.05, 0) is 12.5 Å². The summed E-state index contributed by atoms with van der Waals surface area (Å²) in [5, 5.41) is 6.25. The molecule has 1 amide bonds. The third-order valence-corrected chi connectivity index (χ3v) is 4.87. The summed E-state index contributed by atoms with van der Waals surface area (Å²) in [4.78, 5) is 20.0. The Hall–Kier alpha value is -2.15. The fourth-order valence-corrected chi connectivity index (χ4v) is 3.78. The highest BCUT2D eigenvalue weighted by molar-refractivity contribution is 7.15. The van der Waals surface area contributed by atoms with E-state index in [9.17, 15) is 4.79 Å². The molecule has 1 aliphatic heterocycles.